The topological polar surface area (TPSA) is 0 Å². The van der Waals surface area contributed by atoms with Crippen LogP contribution in [0.2, 0.25) is 0 Å². The van der Waals surface area contributed by atoms with E-state index < -0.39 is 11.6 Å². The summed E-state index contributed by atoms with van der Waals surface area (Å²) in [5.41, 5.74) is 0. The van der Waals surface area contributed by atoms with Crippen LogP contribution in [0.4, 0.5) is 8.78 Å². The molecular formula is C26H13BrF2. The van der Waals surface area contributed by atoms with Gasteiger partial charge < -0.3 is 0 Å². The summed E-state index contributed by atoms with van der Waals surface area (Å²) in [7, 11) is 0. The van der Waals surface area contributed by atoms with E-state index in [9.17, 15) is 0 Å². The molecule has 0 aromatic heterocycles. The van der Waals surface area contributed by atoms with E-state index in [2.05, 4.69) is 15.9 Å². The fourth-order valence-corrected chi connectivity index (χ4v) is 4.95. The average molecular weight is 443 g/mol. The van der Waals surface area contributed by atoms with E-state index in [1.165, 1.54) is 12.1 Å². The highest BCUT2D eigenvalue weighted by Crippen LogP contribution is 2.43. The van der Waals surface area contributed by atoms with Crippen LogP contribution in [0.1, 0.15) is 0 Å². The molecule has 0 nitrogen and oxygen atoms in total. The Morgan fingerprint density at radius 1 is 0.483 bits per heavy atom. The van der Waals surface area contributed by atoms with Crippen molar-refractivity contribution in [3.8, 4) is 0 Å². The lowest BCUT2D eigenvalue weighted by Gasteiger charge is -2.16. The van der Waals surface area contributed by atoms with E-state index in [-0.39, 0.29) is 0 Å². The zero-order valence-electron chi connectivity index (χ0n) is 15.1. The normalized spacial score (nSPS) is 12.0. The first-order valence-corrected chi connectivity index (χ1v) is 10.2. The Hall–Kier alpha value is -3.04. The summed E-state index contributed by atoms with van der Waals surface area (Å²) in [4.78, 5) is 0. The van der Waals surface area contributed by atoms with E-state index in [0.29, 0.717) is 10.8 Å². The van der Waals surface area contributed by atoms with Crippen molar-refractivity contribution in [2.24, 2.45) is 0 Å². The van der Waals surface area contributed by atoms with Crippen molar-refractivity contribution in [3.05, 3.63) is 95.0 Å². The first-order chi connectivity index (χ1) is 14.1. The predicted molar refractivity (Wildman–Crippen MR) is 122 cm³/mol. The van der Waals surface area contributed by atoms with Crippen LogP contribution in [0.3, 0.4) is 0 Å². The van der Waals surface area contributed by atoms with Crippen LogP contribution < -0.4 is 0 Å². The lowest BCUT2D eigenvalue weighted by Crippen LogP contribution is -1.92. The molecule has 6 aromatic rings. The Kier molecular flexibility index (Phi) is 3.48. The van der Waals surface area contributed by atoms with Gasteiger partial charge in [-0.25, -0.2) is 8.78 Å². The SMILES string of the molecule is Fc1ccc(F)c2c1c1c3ccccc3ccc1c1ccc3ccc(Br)cc3c12. The molecule has 0 radical (unpaired) electrons. The standard InChI is InChI=1S/C26H13BrF2/c27-16-8-5-15-7-10-19-18-9-6-14-3-1-2-4-17(14)23(18)25-21(28)11-12-22(29)26(25)24(19)20(15)13-16/h1-13H. The number of hydrogen-bond acceptors (Lipinski definition) is 0. The van der Waals surface area contributed by atoms with Crippen LogP contribution in [0, 0.1) is 11.6 Å². The van der Waals surface area contributed by atoms with Gasteiger partial charge in [-0.1, -0.05) is 70.5 Å². The molecule has 0 aliphatic heterocycles. The predicted octanol–water partition coefficient (Wildman–Crippen LogP) is 8.49. The molecule has 3 heteroatoms. The third-order valence-corrected chi connectivity index (χ3v) is 6.30. The van der Waals surface area contributed by atoms with Gasteiger partial charge in [-0.05, 0) is 56.6 Å². The maximum atomic E-state index is 15.3. The molecule has 0 atom stereocenters. The summed E-state index contributed by atoms with van der Waals surface area (Å²) in [6.07, 6.45) is 0. The smallest absolute Gasteiger partial charge is 0.131 e. The highest BCUT2D eigenvalue weighted by molar-refractivity contribution is 9.10. The van der Waals surface area contributed by atoms with Gasteiger partial charge in [0.2, 0.25) is 0 Å². The lowest BCUT2D eigenvalue weighted by molar-refractivity contribution is 0.619. The second kappa shape index (κ2) is 5.98. The molecule has 29 heavy (non-hydrogen) atoms. The molecule has 6 rings (SSSR count). The van der Waals surface area contributed by atoms with E-state index >= 15 is 8.78 Å². The molecule has 0 aliphatic carbocycles. The zero-order chi connectivity index (χ0) is 19.7. The monoisotopic (exact) mass is 442 g/mol. The Labute approximate surface area is 173 Å². The van der Waals surface area contributed by atoms with Crippen molar-refractivity contribution < 1.29 is 8.78 Å². The van der Waals surface area contributed by atoms with Gasteiger partial charge in [0.05, 0.1) is 0 Å². The fourth-order valence-electron chi connectivity index (χ4n) is 4.59. The van der Waals surface area contributed by atoms with Crippen molar-refractivity contribution in [1.82, 2.24) is 0 Å². The summed E-state index contributed by atoms with van der Waals surface area (Å²) in [6.45, 7) is 0. The van der Waals surface area contributed by atoms with Crippen LogP contribution in [0.25, 0.3) is 53.9 Å². The molecule has 0 fully saturated rings. The van der Waals surface area contributed by atoms with Crippen molar-refractivity contribution >= 4 is 69.8 Å². The minimum Gasteiger partial charge on any atom is -0.206 e. The van der Waals surface area contributed by atoms with Gasteiger partial charge in [-0.15, -0.1) is 0 Å². The molecule has 0 aliphatic rings. The molecule has 0 bridgehead atoms. The van der Waals surface area contributed by atoms with Crippen molar-refractivity contribution in [2.75, 3.05) is 0 Å². The van der Waals surface area contributed by atoms with Crippen molar-refractivity contribution in [1.29, 1.82) is 0 Å². The zero-order valence-corrected chi connectivity index (χ0v) is 16.7. The second-order valence-electron chi connectivity index (χ2n) is 7.34. The quantitative estimate of drug-likeness (QED) is 0.207. The molecular weight excluding hydrogens is 430 g/mol. The summed E-state index contributed by atoms with van der Waals surface area (Å²) >= 11 is 3.53. The molecule has 0 saturated carbocycles. The van der Waals surface area contributed by atoms with Gasteiger partial charge in [-0.3, -0.25) is 0 Å². The Morgan fingerprint density at radius 3 is 1.72 bits per heavy atom. The molecule has 0 unspecified atom stereocenters. The summed E-state index contributed by atoms with van der Waals surface area (Å²) in [5.74, 6) is -0.814. The highest BCUT2D eigenvalue weighted by atomic mass is 79.9. The molecule has 138 valence electrons. The third-order valence-electron chi connectivity index (χ3n) is 5.81. The first kappa shape index (κ1) is 16.9. The van der Waals surface area contributed by atoms with Crippen molar-refractivity contribution in [2.45, 2.75) is 0 Å². The maximum absolute atomic E-state index is 15.3. The Bertz CT molecular complexity index is 1630. The maximum Gasteiger partial charge on any atom is 0.131 e. The molecule has 0 spiro atoms. The van der Waals surface area contributed by atoms with Gasteiger partial charge in [0.15, 0.2) is 0 Å². The number of halogens is 3. The van der Waals surface area contributed by atoms with Crippen molar-refractivity contribution in [3.63, 3.8) is 0 Å². The van der Waals surface area contributed by atoms with Gasteiger partial charge in [-0.2, -0.15) is 0 Å². The Balaban J connectivity index is 2.07. The first-order valence-electron chi connectivity index (χ1n) is 9.36. The molecule has 0 saturated heterocycles. The summed E-state index contributed by atoms with van der Waals surface area (Å²) in [5, 5.41) is 7.88. The summed E-state index contributed by atoms with van der Waals surface area (Å²) in [6, 6.07) is 24.4. The third kappa shape index (κ3) is 2.28. The number of benzene rings is 6. The van der Waals surface area contributed by atoms with E-state index in [1.54, 1.807) is 0 Å². The summed E-state index contributed by atoms with van der Waals surface area (Å²) < 4.78 is 31.4. The molecule has 6 aromatic carbocycles. The lowest BCUT2D eigenvalue weighted by atomic mass is 9.88. The average Bonchev–Trinajstić information content (AvgIpc) is 2.75. The van der Waals surface area contributed by atoms with Crippen LogP contribution in [0.5, 0.6) is 0 Å². The molecule has 0 amide bonds. The van der Waals surface area contributed by atoms with E-state index in [0.717, 1.165) is 47.6 Å². The second-order valence-corrected chi connectivity index (χ2v) is 8.26. The Morgan fingerprint density at radius 2 is 1.03 bits per heavy atom. The van der Waals surface area contributed by atoms with E-state index in [1.807, 2.05) is 66.7 Å². The number of rotatable bonds is 0. The van der Waals surface area contributed by atoms with E-state index in [4.69, 9.17) is 0 Å². The van der Waals surface area contributed by atoms with Gasteiger partial charge in [0.1, 0.15) is 11.6 Å². The van der Waals surface area contributed by atoms with Crippen LogP contribution in [-0.2, 0) is 0 Å². The minimum absolute atomic E-state index is 0.340. The highest BCUT2D eigenvalue weighted by Gasteiger charge is 2.18. The van der Waals surface area contributed by atoms with Gasteiger partial charge in [0, 0.05) is 26.0 Å². The minimum atomic E-state index is -0.409. The number of hydrogen-bond donors (Lipinski definition) is 0. The fraction of sp³-hybridized carbons (Fsp3) is 0. The van der Waals surface area contributed by atoms with Gasteiger partial charge >= 0.3 is 0 Å². The van der Waals surface area contributed by atoms with Crippen LogP contribution in [0.15, 0.2) is 83.3 Å². The van der Waals surface area contributed by atoms with Crippen LogP contribution in [-0.4, -0.2) is 0 Å². The molecule has 0 N–H and O–H groups in total. The molecule has 0 heterocycles. The number of fused-ring (bicyclic) bond motifs is 10. The van der Waals surface area contributed by atoms with Crippen LogP contribution >= 0.6 is 15.9 Å². The largest absolute Gasteiger partial charge is 0.206 e. The van der Waals surface area contributed by atoms with Gasteiger partial charge in [0.25, 0.3) is 0 Å².